The first-order valence-electron chi connectivity index (χ1n) is 4.13. The molecule has 0 aliphatic rings. The topological polar surface area (TPSA) is 38.3 Å². The summed E-state index contributed by atoms with van der Waals surface area (Å²) in [6.07, 6.45) is 2.35. The van der Waals surface area contributed by atoms with Crippen LogP contribution in [0.2, 0.25) is 0 Å². The molecular formula is C8H16ClNO2. The van der Waals surface area contributed by atoms with Crippen molar-refractivity contribution in [1.29, 1.82) is 0 Å². The normalized spacial score (nSPS) is 9.83. The van der Waals surface area contributed by atoms with Crippen molar-refractivity contribution in [2.75, 3.05) is 26.1 Å². The molecule has 72 valence electrons. The quantitative estimate of drug-likeness (QED) is 0.487. The second-order valence-corrected chi connectivity index (χ2v) is 2.87. The van der Waals surface area contributed by atoms with Gasteiger partial charge in [0, 0.05) is 32.6 Å². The number of ether oxygens (including phenoxy) is 1. The van der Waals surface area contributed by atoms with Gasteiger partial charge >= 0.3 is 0 Å². The average Bonchev–Trinajstić information content (AvgIpc) is 2.05. The number of amides is 1. The molecule has 0 unspecified atom stereocenters. The van der Waals surface area contributed by atoms with Crippen molar-refractivity contribution in [1.82, 2.24) is 5.32 Å². The monoisotopic (exact) mass is 193 g/mol. The largest absolute Gasteiger partial charge is 0.385 e. The minimum absolute atomic E-state index is 0.0300. The Bertz CT molecular complexity index is 120. The molecule has 0 bridgehead atoms. The van der Waals surface area contributed by atoms with E-state index in [2.05, 4.69) is 5.32 Å². The summed E-state index contributed by atoms with van der Waals surface area (Å²) < 4.78 is 4.86. The fourth-order valence-corrected chi connectivity index (χ4v) is 0.945. The molecular weight excluding hydrogens is 178 g/mol. The number of halogens is 1. The molecule has 0 aliphatic heterocycles. The van der Waals surface area contributed by atoms with Crippen molar-refractivity contribution in [3.8, 4) is 0 Å². The molecule has 0 heterocycles. The highest BCUT2D eigenvalue weighted by Gasteiger charge is 1.97. The van der Waals surface area contributed by atoms with Crippen LogP contribution in [-0.4, -0.2) is 32.0 Å². The Balaban J connectivity index is 3.03. The van der Waals surface area contributed by atoms with Gasteiger partial charge in [-0.25, -0.2) is 0 Å². The van der Waals surface area contributed by atoms with Crippen LogP contribution in [0.15, 0.2) is 0 Å². The van der Waals surface area contributed by atoms with E-state index in [1.165, 1.54) is 0 Å². The zero-order valence-electron chi connectivity index (χ0n) is 7.44. The minimum atomic E-state index is 0.0300. The van der Waals surface area contributed by atoms with Gasteiger partial charge in [-0.15, -0.1) is 11.6 Å². The summed E-state index contributed by atoms with van der Waals surface area (Å²) in [5.41, 5.74) is 0. The Labute approximate surface area is 78.4 Å². The van der Waals surface area contributed by atoms with Gasteiger partial charge in [0.25, 0.3) is 0 Å². The Morgan fingerprint density at radius 1 is 1.50 bits per heavy atom. The predicted molar refractivity (Wildman–Crippen MR) is 49.5 cm³/mol. The summed E-state index contributed by atoms with van der Waals surface area (Å²) >= 11 is 5.38. The first-order chi connectivity index (χ1) is 5.81. The standard InChI is InChI=1S/C8H16ClNO2/c1-12-7-3-2-6-10-8(11)4-5-9/h2-7H2,1H3,(H,10,11). The molecule has 0 saturated heterocycles. The Hall–Kier alpha value is -0.280. The number of methoxy groups -OCH3 is 1. The number of alkyl halides is 1. The summed E-state index contributed by atoms with van der Waals surface area (Å²) in [6.45, 7) is 1.48. The summed E-state index contributed by atoms with van der Waals surface area (Å²) in [7, 11) is 1.67. The van der Waals surface area contributed by atoms with Crippen LogP contribution in [0.25, 0.3) is 0 Å². The van der Waals surface area contributed by atoms with Crippen molar-refractivity contribution >= 4 is 17.5 Å². The van der Waals surface area contributed by atoms with E-state index in [9.17, 15) is 4.79 Å². The number of rotatable bonds is 7. The van der Waals surface area contributed by atoms with Crippen molar-refractivity contribution < 1.29 is 9.53 Å². The number of carbonyl (C=O) groups is 1. The predicted octanol–water partition coefficient (Wildman–Crippen LogP) is 1.16. The molecule has 0 rings (SSSR count). The van der Waals surface area contributed by atoms with E-state index >= 15 is 0 Å². The average molecular weight is 194 g/mol. The van der Waals surface area contributed by atoms with Crippen LogP contribution in [-0.2, 0) is 9.53 Å². The number of carbonyl (C=O) groups excluding carboxylic acids is 1. The van der Waals surface area contributed by atoms with E-state index in [1.54, 1.807) is 7.11 Å². The van der Waals surface area contributed by atoms with Gasteiger partial charge in [-0.1, -0.05) is 0 Å². The van der Waals surface area contributed by atoms with Crippen molar-refractivity contribution in [3.63, 3.8) is 0 Å². The van der Waals surface area contributed by atoms with Gasteiger partial charge in [0.1, 0.15) is 0 Å². The summed E-state index contributed by atoms with van der Waals surface area (Å²) in [4.78, 5) is 10.8. The molecule has 0 fully saturated rings. The second kappa shape index (κ2) is 8.81. The van der Waals surface area contributed by atoms with E-state index < -0.39 is 0 Å². The van der Waals surface area contributed by atoms with Gasteiger partial charge in [-0.2, -0.15) is 0 Å². The summed E-state index contributed by atoms with van der Waals surface area (Å²) in [6, 6.07) is 0. The number of unbranched alkanes of at least 4 members (excludes halogenated alkanes) is 1. The van der Waals surface area contributed by atoms with Crippen LogP contribution < -0.4 is 5.32 Å². The van der Waals surface area contributed by atoms with Crippen molar-refractivity contribution in [3.05, 3.63) is 0 Å². The maximum atomic E-state index is 10.8. The molecule has 0 aromatic heterocycles. The van der Waals surface area contributed by atoms with E-state index in [-0.39, 0.29) is 5.91 Å². The molecule has 0 aromatic carbocycles. The molecule has 12 heavy (non-hydrogen) atoms. The maximum Gasteiger partial charge on any atom is 0.221 e. The number of hydrogen-bond donors (Lipinski definition) is 1. The lowest BCUT2D eigenvalue weighted by Gasteiger charge is -2.02. The smallest absolute Gasteiger partial charge is 0.221 e. The number of nitrogens with one attached hydrogen (secondary N) is 1. The van der Waals surface area contributed by atoms with Crippen LogP contribution >= 0.6 is 11.6 Å². The van der Waals surface area contributed by atoms with E-state index in [1.807, 2.05) is 0 Å². The third-order valence-electron chi connectivity index (χ3n) is 1.42. The van der Waals surface area contributed by atoms with Crippen LogP contribution in [0.4, 0.5) is 0 Å². The third kappa shape index (κ3) is 7.82. The van der Waals surface area contributed by atoms with E-state index in [4.69, 9.17) is 16.3 Å². The van der Waals surface area contributed by atoms with Crippen LogP contribution in [0, 0.1) is 0 Å². The van der Waals surface area contributed by atoms with Gasteiger partial charge in [0.15, 0.2) is 0 Å². The van der Waals surface area contributed by atoms with Crippen LogP contribution in [0.5, 0.6) is 0 Å². The maximum absolute atomic E-state index is 10.8. The fraction of sp³-hybridized carbons (Fsp3) is 0.875. The highest BCUT2D eigenvalue weighted by molar-refractivity contribution is 6.18. The number of hydrogen-bond acceptors (Lipinski definition) is 2. The zero-order valence-corrected chi connectivity index (χ0v) is 8.19. The first-order valence-corrected chi connectivity index (χ1v) is 4.66. The highest BCUT2D eigenvalue weighted by atomic mass is 35.5. The first kappa shape index (κ1) is 11.7. The molecule has 0 saturated carbocycles. The Kier molecular flexibility index (Phi) is 8.61. The van der Waals surface area contributed by atoms with Crippen LogP contribution in [0.1, 0.15) is 19.3 Å². The third-order valence-corrected chi connectivity index (χ3v) is 1.61. The second-order valence-electron chi connectivity index (χ2n) is 2.49. The zero-order chi connectivity index (χ0) is 9.23. The van der Waals surface area contributed by atoms with Gasteiger partial charge in [0.2, 0.25) is 5.91 Å². The van der Waals surface area contributed by atoms with Crippen molar-refractivity contribution in [2.45, 2.75) is 19.3 Å². The molecule has 4 heteroatoms. The summed E-state index contributed by atoms with van der Waals surface area (Å²) in [5.74, 6) is 0.423. The Morgan fingerprint density at radius 3 is 2.83 bits per heavy atom. The molecule has 0 aromatic rings. The molecule has 0 spiro atoms. The molecule has 0 radical (unpaired) electrons. The van der Waals surface area contributed by atoms with Crippen LogP contribution in [0.3, 0.4) is 0 Å². The molecule has 1 amide bonds. The minimum Gasteiger partial charge on any atom is -0.385 e. The molecule has 1 N–H and O–H groups in total. The van der Waals surface area contributed by atoms with Gasteiger partial charge in [-0.3, -0.25) is 4.79 Å². The molecule has 3 nitrogen and oxygen atoms in total. The lowest BCUT2D eigenvalue weighted by atomic mass is 10.3. The highest BCUT2D eigenvalue weighted by Crippen LogP contribution is 1.88. The fourth-order valence-electron chi connectivity index (χ4n) is 0.773. The van der Waals surface area contributed by atoms with Crippen molar-refractivity contribution in [2.24, 2.45) is 0 Å². The van der Waals surface area contributed by atoms with Gasteiger partial charge < -0.3 is 10.1 Å². The Morgan fingerprint density at radius 2 is 2.25 bits per heavy atom. The van der Waals surface area contributed by atoms with E-state index in [0.717, 1.165) is 26.0 Å². The lowest BCUT2D eigenvalue weighted by Crippen LogP contribution is -2.24. The van der Waals surface area contributed by atoms with Gasteiger partial charge in [-0.05, 0) is 12.8 Å². The molecule has 0 atom stereocenters. The van der Waals surface area contributed by atoms with E-state index in [0.29, 0.717) is 12.3 Å². The van der Waals surface area contributed by atoms with Gasteiger partial charge in [0.05, 0.1) is 0 Å². The summed E-state index contributed by atoms with van der Waals surface area (Å²) in [5, 5.41) is 2.76. The lowest BCUT2D eigenvalue weighted by molar-refractivity contribution is -0.120. The molecule has 0 aliphatic carbocycles. The SMILES string of the molecule is COCCCCNC(=O)CCCl.